The fourth-order valence-corrected chi connectivity index (χ4v) is 4.68. The van der Waals surface area contributed by atoms with Crippen molar-refractivity contribution >= 4 is 43.4 Å². The summed E-state index contributed by atoms with van der Waals surface area (Å²) in [4.78, 5) is 11.2. The Hall–Kier alpha value is -2.41. The van der Waals surface area contributed by atoms with Crippen LogP contribution >= 0.6 is 31.9 Å². The fraction of sp³-hybridized carbons (Fsp3) is 0.222. The molecule has 0 spiro atoms. The molecule has 1 N–H and O–H groups in total. The number of ether oxygens (including phenoxy) is 2. The fourth-order valence-electron chi connectivity index (χ4n) is 3.38. The van der Waals surface area contributed by atoms with Gasteiger partial charge in [0.1, 0.15) is 12.4 Å². The Morgan fingerprint density at radius 2 is 1.61 bits per heavy atom. The summed E-state index contributed by atoms with van der Waals surface area (Å²) < 4.78 is 13.2. The minimum Gasteiger partial charge on any atom is -0.490 e. The van der Waals surface area contributed by atoms with Crippen LogP contribution in [0.25, 0.3) is 16.7 Å². The predicted octanol–water partition coefficient (Wildman–Crippen LogP) is 7.39. The molecule has 3 aromatic carbocycles. The van der Waals surface area contributed by atoms with E-state index in [0.717, 1.165) is 42.5 Å². The lowest BCUT2D eigenvalue weighted by Crippen LogP contribution is -2.26. The van der Waals surface area contributed by atoms with Crippen molar-refractivity contribution in [2.45, 2.75) is 26.4 Å². The van der Waals surface area contributed by atoms with Gasteiger partial charge in [-0.05, 0) is 78.1 Å². The molecule has 6 heteroatoms. The van der Waals surface area contributed by atoms with Gasteiger partial charge in [-0.2, -0.15) is 0 Å². The number of hydrogen-bond acceptors (Lipinski definition) is 3. The number of hydrogen-bond donors (Lipinski definition) is 1. The third-order valence-electron chi connectivity index (χ3n) is 5.16. The molecule has 0 radical (unpaired) electrons. The predicted molar refractivity (Wildman–Crippen MR) is 140 cm³/mol. The molecule has 0 aliphatic heterocycles. The minimum absolute atomic E-state index is 0.329. The number of benzene rings is 3. The third-order valence-corrected chi connectivity index (χ3v) is 6.08. The lowest BCUT2D eigenvalue weighted by Gasteiger charge is -2.12. The molecule has 0 saturated carbocycles. The van der Waals surface area contributed by atoms with E-state index in [9.17, 15) is 9.90 Å². The maximum absolute atomic E-state index is 11.2. The van der Waals surface area contributed by atoms with Crippen LogP contribution in [0.5, 0.6) is 5.75 Å². The van der Waals surface area contributed by atoms with E-state index in [1.165, 1.54) is 0 Å². The molecule has 0 aromatic heterocycles. The molecule has 0 aliphatic rings. The molecule has 0 amide bonds. The van der Waals surface area contributed by atoms with Gasteiger partial charge >= 0.3 is 5.97 Å². The highest BCUT2D eigenvalue weighted by atomic mass is 79.9. The quantitative estimate of drug-likeness (QED) is 0.275. The molecule has 4 nitrogen and oxygen atoms in total. The summed E-state index contributed by atoms with van der Waals surface area (Å²) in [6, 6.07) is 22.1. The van der Waals surface area contributed by atoms with E-state index in [4.69, 9.17) is 9.47 Å². The maximum atomic E-state index is 11.2. The van der Waals surface area contributed by atoms with E-state index in [2.05, 4.69) is 75.2 Å². The van der Waals surface area contributed by atoms with E-state index in [1.54, 1.807) is 6.92 Å². The number of rotatable bonds is 10. The van der Waals surface area contributed by atoms with Crippen molar-refractivity contribution in [3.05, 3.63) is 92.9 Å². The number of carboxylic acid groups (broad SMARTS) is 1. The summed E-state index contributed by atoms with van der Waals surface area (Å²) in [7, 11) is 0. The maximum Gasteiger partial charge on any atom is 0.333 e. The van der Waals surface area contributed by atoms with Gasteiger partial charge in [0.2, 0.25) is 0 Å². The van der Waals surface area contributed by atoms with Crippen molar-refractivity contribution in [3.8, 4) is 16.9 Å². The highest BCUT2D eigenvalue weighted by Gasteiger charge is 2.17. The number of aliphatic carboxylic acids is 1. The standard InChI is InChI=1S/C27H26Br2O4/c1-3-32-26(27(30)31)14-19-4-10-25(11-5-19)33-13-12-18(2)20-6-8-21(9-7-20)22-15-23(28)17-24(29)16-22/h4-12,15-17,26H,3,13-14H2,1-2H3,(H,30,31)/b18-12+. The van der Waals surface area contributed by atoms with Gasteiger partial charge in [-0.25, -0.2) is 4.79 Å². The Morgan fingerprint density at radius 3 is 2.18 bits per heavy atom. The largest absolute Gasteiger partial charge is 0.490 e. The van der Waals surface area contributed by atoms with Gasteiger partial charge < -0.3 is 14.6 Å². The summed E-state index contributed by atoms with van der Waals surface area (Å²) in [5.41, 5.74) is 5.47. The molecule has 3 aromatic rings. The van der Waals surface area contributed by atoms with Crippen molar-refractivity contribution < 1.29 is 19.4 Å². The van der Waals surface area contributed by atoms with E-state index in [1.807, 2.05) is 36.4 Å². The molecule has 172 valence electrons. The lowest BCUT2D eigenvalue weighted by atomic mass is 10.0. The molecule has 0 fully saturated rings. The zero-order valence-corrected chi connectivity index (χ0v) is 21.7. The Bertz CT molecular complexity index is 1090. The molecule has 3 rings (SSSR count). The molecule has 1 unspecified atom stereocenters. The van der Waals surface area contributed by atoms with Crippen molar-refractivity contribution in [2.24, 2.45) is 0 Å². The Balaban J connectivity index is 1.57. The second-order valence-electron chi connectivity index (χ2n) is 7.56. The van der Waals surface area contributed by atoms with Gasteiger partial charge in [0.25, 0.3) is 0 Å². The molecule has 0 heterocycles. The lowest BCUT2D eigenvalue weighted by molar-refractivity contribution is -0.149. The van der Waals surface area contributed by atoms with Crippen molar-refractivity contribution in [1.82, 2.24) is 0 Å². The second kappa shape index (κ2) is 12.2. The average Bonchev–Trinajstić information content (AvgIpc) is 2.79. The van der Waals surface area contributed by atoms with Gasteiger partial charge in [-0.1, -0.05) is 68.3 Å². The van der Waals surface area contributed by atoms with Gasteiger partial charge in [-0.15, -0.1) is 0 Å². The highest BCUT2D eigenvalue weighted by Crippen LogP contribution is 2.28. The van der Waals surface area contributed by atoms with Crippen molar-refractivity contribution in [3.63, 3.8) is 0 Å². The molecule has 1 atom stereocenters. The zero-order valence-electron chi connectivity index (χ0n) is 18.6. The molecule has 33 heavy (non-hydrogen) atoms. The molecule has 0 saturated heterocycles. The summed E-state index contributed by atoms with van der Waals surface area (Å²) in [5, 5.41) is 9.22. The van der Waals surface area contributed by atoms with Crippen LogP contribution in [0, 0.1) is 0 Å². The first-order chi connectivity index (χ1) is 15.9. The third kappa shape index (κ3) is 7.56. The van der Waals surface area contributed by atoms with Gasteiger partial charge in [-0.3, -0.25) is 0 Å². The van der Waals surface area contributed by atoms with E-state index >= 15 is 0 Å². The van der Waals surface area contributed by atoms with Crippen LogP contribution in [0.2, 0.25) is 0 Å². The minimum atomic E-state index is -0.949. The molecule has 0 bridgehead atoms. The van der Waals surface area contributed by atoms with Crippen LogP contribution in [0.1, 0.15) is 25.0 Å². The molecular formula is C27H26Br2O4. The zero-order chi connectivity index (χ0) is 23.8. The van der Waals surface area contributed by atoms with E-state index in [-0.39, 0.29) is 0 Å². The average molecular weight is 574 g/mol. The van der Waals surface area contributed by atoms with Gasteiger partial charge in [0.05, 0.1) is 0 Å². The topological polar surface area (TPSA) is 55.8 Å². The van der Waals surface area contributed by atoms with Gasteiger partial charge in [0, 0.05) is 22.0 Å². The molecular weight excluding hydrogens is 548 g/mol. The number of carboxylic acids is 1. The Kier molecular flexibility index (Phi) is 9.30. The number of carbonyl (C=O) groups is 1. The van der Waals surface area contributed by atoms with Gasteiger partial charge in [0.15, 0.2) is 6.10 Å². The van der Waals surface area contributed by atoms with Crippen LogP contribution in [0.4, 0.5) is 0 Å². The first-order valence-corrected chi connectivity index (χ1v) is 12.2. The smallest absolute Gasteiger partial charge is 0.333 e. The van der Waals surface area contributed by atoms with Crippen LogP contribution in [-0.2, 0) is 16.0 Å². The summed E-state index contributed by atoms with van der Waals surface area (Å²) in [5.74, 6) is -0.211. The first-order valence-electron chi connectivity index (χ1n) is 10.7. The summed E-state index contributed by atoms with van der Waals surface area (Å²) >= 11 is 7.08. The van der Waals surface area contributed by atoms with Crippen LogP contribution < -0.4 is 4.74 Å². The summed E-state index contributed by atoms with van der Waals surface area (Å²) in [6.45, 7) is 4.67. The Labute approximate surface area is 211 Å². The molecule has 0 aliphatic carbocycles. The van der Waals surface area contributed by atoms with Crippen molar-refractivity contribution in [1.29, 1.82) is 0 Å². The highest BCUT2D eigenvalue weighted by molar-refractivity contribution is 9.11. The first kappa shape index (κ1) is 25.2. The SMILES string of the molecule is CCOC(Cc1ccc(OC/C=C(\C)c2ccc(-c3cc(Br)cc(Br)c3)cc2)cc1)C(=O)O. The summed E-state index contributed by atoms with van der Waals surface area (Å²) in [6.07, 6.45) is 1.55. The Morgan fingerprint density at radius 1 is 0.970 bits per heavy atom. The van der Waals surface area contributed by atoms with Crippen LogP contribution in [-0.4, -0.2) is 30.4 Å². The normalized spacial score (nSPS) is 12.4. The van der Waals surface area contributed by atoms with Crippen molar-refractivity contribution in [2.75, 3.05) is 13.2 Å². The van der Waals surface area contributed by atoms with E-state index in [0.29, 0.717) is 19.6 Å². The second-order valence-corrected chi connectivity index (χ2v) is 9.40. The van der Waals surface area contributed by atoms with Crippen LogP contribution in [0.15, 0.2) is 81.8 Å². The van der Waals surface area contributed by atoms with Crippen LogP contribution in [0.3, 0.4) is 0 Å². The monoisotopic (exact) mass is 572 g/mol. The number of halogens is 2. The number of allylic oxidation sites excluding steroid dienone is 1. The van der Waals surface area contributed by atoms with E-state index < -0.39 is 12.1 Å².